The van der Waals surface area contributed by atoms with E-state index in [1.165, 1.54) is 16.9 Å². The molecule has 0 atom stereocenters. The maximum absolute atomic E-state index is 12.1. The molecule has 5 nitrogen and oxygen atoms in total. The van der Waals surface area contributed by atoms with E-state index >= 15 is 0 Å². The predicted molar refractivity (Wildman–Crippen MR) is 101 cm³/mol. The number of hydrogen-bond donors (Lipinski definition) is 1. The first-order valence-electron chi connectivity index (χ1n) is 8.05. The van der Waals surface area contributed by atoms with Crippen molar-refractivity contribution in [1.82, 2.24) is 4.98 Å². The van der Waals surface area contributed by atoms with E-state index in [-0.39, 0.29) is 12.3 Å². The van der Waals surface area contributed by atoms with E-state index in [2.05, 4.69) is 10.3 Å². The van der Waals surface area contributed by atoms with Crippen molar-refractivity contribution in [3.63, 3.8) is 0 Å². The Morgan fingerprint density at radius 3 is 2.62 bits per heavy atom. The number of aromatic nitrogens is 1. The second-order valence-corrected chi connectivity index (χ2v) is 6.69. The number of hydrogen-bond acceptors (Lipinski definition) is 5. The Bertz CT molecular complexity index is 925. The standard InChI is InChI=1S/C20H17N3O2S/c1-14-2-8-18(9-3-14)25-12-20-23-17(13-26-20)10-19(24)22-16-6-4-15(11-21)5-7-16/h2-9,13H,10,12H2,1H3,(H,22,24). The lowest BCUT2D eigenvalue weighted by atomic mass is 10.2. The summed E-state index contributed by atoms with van der Waals surface area (Å²) in [4.78, 5) is 16.6. The topological polar surface area (TPSA) is 75.0 Å². The van der Waals surface area contributed by atoms with Gasteiger partial charge in [-0.25, -0.2) is 4.98 Å². The highest BCUT2D eigenvalue weighted by atomic mass is 32.1. The van der Waals surface area contributed by atoms with Gasteiger partial charge in [0.1, 0.15) is 17.4 Å². The van der Waals surface area contributed by atoms with E-state index < -0.39 is 0 Å². The molecule has 26 heavy (non-hydrogen) atoms. The summed E-state index contributed by atoms with van der Waals surface area (Å²) in [6.07, 6.45) is 0.195. The SMILES string of the molecule is Cc1ccc(OCc2nc(CC(=O)Nc3ccc(C#N)cc3)cs2)cc1. The quantitative estimate of drug-likeness (QED) is 0.716. The van der Waals surface area contributed by atoms with Gasteiger partial charge in [-0.15, -0.1) is 11.3 Å². The molecule has 0 fully saturated rings. The Balaban J connectivity index is 1.51. The van der Waals surface area contributed by atoms with Crippen LogP contribution >= 0.6 is 11.3 Å². The molecule has 0 spiro atoms. The predicted octanol–water partition coefficient (Wildman–Crippen LogP) is 4.08. The number of nitrogens with zero attached hydrogens (tertiary/aromatic N) is 2. The zero-order valence-electron chi connectivity index (χ0n) is 14.2. The van der Waals surface area contributed by atoms with Crippen molar-refractivity contribution >= 4 is 22.9 Å². The van der Waals surface area contributed by atoms with Gasteiger partial charge >= 0.3 is 0 Å². The molecule has 3 aromatic rings. The van der Waals surface area contributed by atoms with Crippen molar-refractivity contribution < 1.29 is 9.53 Å². The van der Waals surface area contributed by atoms with Crippen LogP contribution in [0.2, 0.25) is 0 Å². The molecule has 0 aliphatic carbocycles. The van der Waals surface area contributed by atoms with Gasteiger partial charge in [0.25, 0.3) is 0 Å². The van der Waals surface area contributed by atoms with Crippen molar-refractivity contribution in [2.45, 2.75) is 20.0 Å². The van der Waals surface area contributed by atoms with Crippen molar-refractivity contribution in [1.29, 1.82) is 5.26 Å². The maximum Gasteiger partial charge on any atom is 0.230 e. The lowest BCUT2D eigenvalue weighted by Gasteiger charge is -2.04. The molecule has 0 aliphatic rings. The van der Waals surface area contributed by atoms with Crippen LogP contribution in [0.1, 0.15) is 21.8 Å². The number of amides is 1. The van der Waals surface area contributed by atoms with Gasteiger partial charge in [0.2, 0.25) is 5.91 Å². The summed E-state index contributed by atoms with van der Waals surface area (Å²) in [7, 11) is 0. The average molecular weight is 363 g/mol. The molecule has 0 unspecified atom stereocenters. The minimum atomic E-state index is -0.147. The number of carbonyl (C=O) groups excluding carboxylic acids is 1. The van der Waals surface area contributed by atoms with Crippen LogP contribution in [0.25, 0.3) is 0 Å². The van der Waals surface area contributed by atoms with E-state index in [4.69, 9.17) is 10.00 Å². The third-order valence-corrected chi connectivity index (χ3v) is 4.49. The van der Waals surface area contributed by atoms with Crippen LogP contribution in [-0.4, -0.2) is 10.9 Å². The van der Waals surface area contributed by atoms with Crippen LogP contribution in [-0.2, 0) is 17.8 Å². The molecule has 130 valence electrons. The second-order valence-electron chi connectivity index (χ2n) is 5.75. The average Bonchev–Trinajstić information content (AvgIpc) is 3.09. The fourth-order valence-corrected chi connectivity index (χ4v) is 2.98. The van der Waals surface area contributed by atoms with Gasteiger partial charge in [-0.1, -0.05) is 17.7 Å². The number of carbonyl (C=O) groups is 1. The summed E-state index contributed by atoms with van der Waals surface area (Å²) in [6, 6.07) is 16.6. The number of thiazole rings is 1. The Kier molecular flexibility index (Phi) is 5.62. The van der Waals surface area contributed by atoms with Crippen LogP contribution in [0.3, 0.4) is 0 Å². The molecule has 1 heterocycles. The number of ether oxygens (including phenoxy) is 1. The highest BCUT2D eigenvalue weighted by molar-refractivity contribution is 7.09. The molecule has 2 aromatic carbocycles. The smallest absolute Gasteiger partial charge is 0.230 e. The lowest BCUT2D eigenvalue weighted by molar-refractivity contribution is -0.115. The summed E-state index contributed by atoms with van der Waals surface area (Å²) in [5.41, 5.74) is 3.11. The number of benzene rings is 2. The van der Waals surface area contributed by atoms with E-state index in [0.717, 1.165) is 10.8 Å². The fourth-order valence-electron chi connectivity index (χ4n) is 2.27. The van der Waals surface area contributed by atoms with Gasteiger partial charge in [-0.05, 0) is 43.3 Å². The van der Waals surface area contributed by atoms with Crippen LogP contribution < -0.4 is 10.1 Å². The molecule has 0 bridgehead atoms. The van der Waals surface area contributed by atoms with Crippen LogP contribution in [0.4, 0.5) is 5.69 Å². The second kappa shape index (κ2) is 8.28. The molecule has 3 rings (SSSR count). The number of aryl methyl sites for hydroxylation is 1. The summed E-state index contributed by atoms with van der Waals surface area (Å²) in [5, 5.41) is 14.3. The van der Waals surface area contributed by atoms with Crippen molar-refractivity contribution in [2.75, 3.05) is 5.32 Å². The first-order valence-corrected chi connectivity index (χ1v) is 8.93. The third kappa shape index (κ3) is 4.91. The third-order valence-electron chi connectivity index (χ3n) is 3.62. The highest BCUT2D eigenvalue weighted by Crippen LogP contribution is 2.17. The molecule has 1 N–H and O–H groups in total. The van der Waals surface area contributed by atoms with E-state index in [1.54, 1.807) is 24.3 Å². The van der Waals surface area contributed by atoms with Crippen molar-refractivity contribution in [2.24, 2.45) is 0 Å². The van der Waals surface area contributed by atoms with Gasteiger partial charge in [0.05, 0.1) is 23.7 Å². The zero-order valence-corrected chi connectivity index (χ0v) is 15.0. The molecular weight excluding hydrogens is 346 g/mol. The van der Waals surface area contributed by atoms with Gasteiger partial charge in [0, 0.05) is 11.1 Å². The zero-order chi connectivity index (χ0) is 18.4. The summed E-state index contributed by atoms with van der Waals surface area (Å²) in [6.45, 7) is 2.41. The molecule has 1 amide bonds. The number of nitrogens with one attached hydrogen (secondary N) is 1. The van der Waals surface area contributed by atoms with Crippen LogP contribution in [0.5, 0.6) is 5.75 Å². The van der Waals surface area contributed by atoms with Crippen LogP contribution in [0, 0.1) is 18.3 Å². The Labute approximate surface area is 155 Å². The summed E-state index contributed by atoms with van der Waals surface area (Å²) >= 11 is 1.47. The van der Waals surface area contributed by atoms with Crippen LogP contribution in [0.15, 0.2) is 53.9 Å². The minimum Gasteiger partial charge on any atom is -0.486 e. The monoisotopic (exact) mass is 363 g/mol. The highest BCUT2D eigenvalue weighted by Gasteiger charge is 2.09. The molecule has 6 heteroatoms. The summed E-state index contributed by atoms with van der Waals surface area (Å²) < 4.78 is 5.70. The number of rotatable bonds is 6. The first kappa shape index (κ1) is 17.6. The van der Waals surface area contributed by atoms with Gasteiger partial charge in [0.15, 0.2) is 0 Å². The molecule has 0 radical (unpaired) electrons. The Hall–Kier alpha value is -3.17. The normalized spacial score (nSPS) is 10.2. The van der Waals surface area contributed by atoms with E-state index in [9.17, 15) is 4.79 Å². The molecule has 0 saturated carbocycles. The molecule has 0 aliphatic heterocycles. The van der Waals surface area contributed by atoms with E-state index in [0.29, 0.717) is 23.6 Å². The van der Waals surface area contributed by atoms with Crippen molar-refractivity contribution in [3.8, 4) is 11.8 Å². The summed E-state index contributed by atoms with van der Waals surface area (Å²) in [5.74, 6) is 0.650. The van der Waals surface area contributed by atoms with Gasteiger partial charge in [-0.2, -0.15) is 5.26 Å². The molecule has 1 aromatic heterocycles. The van der Waals surface area contributed by atoms with Crippen molar-refractivity contribution in [3.05, 3.63) is 75.7 Å². The largest absolute Gasteiger partial charge is 0.486 e. The maximum atomic E-state index is 12.1. The Morgan fingerprint density at radius 1 is 1.19 bits per heavy atom. The minimum absolute atomic E-state index is 0.147. The number of anilines is 1. The van der Waals surface area contributed by atoms with E-state index in [1.807, 2.05) is 42.6 Å². The van der Waals surface area contributed by atoms with Gasteiger partial charge in [-0.3, -0.25) is 4.79 Å². The molecule has 0 saturated heterocycles. The first-order chi connectivity index (χ1) is 12.6. The van der Waals surface area contributed by atoms with Gasteiger partial charge < -0.3 is 10.1 Å². The Morgan fingerprint density at radius 2 is 1.92 bits per heavy atom. The number of nitriles is 1. The lowest BCUT2D eigenvalue weighted by Crippen LogP contribution is -2.14. The fraction of sp³-hybridized carbons (Fsp3) is 0.150. The molecular formula is C20H17N3O2S.